The zero-order valence-corrected chi connectivity index (χ0v) is 16.5. The van der Waals surface area contributed by atoms with E-state index in [1.54, 1.807) is 23.0 Å². The van der Waals surface area contributed by atoms with E-state index in [9.17, 15) is 10.1 Å². The monoisotopic (exact) mass is 379 g/mol. The normalized spacial score (nSPS) is 15.9. The van der Waals surface area contributed by atoms with Crippen LogP contribution in [-0.2, 0) is 13.0 Å². The van der Waals surface area contributed by atoms with E-state index >= 15 is 0 Å². The topological polar surface area (TPSA) is 97.2 Å². The van der Waals surface area contributed by atoms with Crippen LogP contribution in [-0.4, -0.2) is 35.1 Å². The number of ether oxygens (including phenoxy) is 1. The van der Waals surface area contributed by atoms with Crippen molar-refractivity contribution in [1.82, 2.24) is 14.5 Å². The van der Waals surface area contributed by atoms with Crippen LogP contribution in [0, 0.1) is 11.3 Å². The molecule has 2 aromatic rings. The second-order valence-electron chi connectivity index (χ2n) is 7.13. The van der Waals surface area contributed by atoms with Gasteiger partial charge in [-0.05, 0) is 32.1 Å². The van der Waals surface area contributed by atoms with Gasteiger partial charge in [0.15, 0.2) is 0 Å². The van der Waals surface area contributed by atoms with E-state index in [1.807, 2.05) is 31.1 Å². The van der Waals surface area contributed by atoms with E-state index < -0.39 is 5.92 Å². The third-order valence-corrected chi connectivity index (χ3v) is 4.86. The van der Waals surface area contributed by atoms with Crippen LogP contribution < -0.4 is 16.0 Å². The third kappa shape index (κ3) is 3.64. The highest BCUT2D eigenvalue weighted by molar-refractivity contribution is 5.54. The largest absolute Gasteiger partial charge is 0.440 e. The molecule has 0 radical (unpaired) electrons. The summed E-state index contributed by atoms with van der Waals surface area (Å²) in [5.41, 5.74) is 8.23. The molecule has 0 aliphatic carbocycles. The van der Waals surface area contributed by atoms with Crippen molar-refractivity contribution in [3.8, 4) is 11.8 Å². The molecule has 3 heterocycles. The molecule has 1 aliphatic heterocycles. The number of nitrogens with two attached hydrogens (primary N) is 1. The van der Waals surface area contributed by atoms with E-state index in [4.69, 9.17) is 10.5 Å². The number of aromatic nitrogens is 2. The summed E-state index contributed by atoms with van der Waals surface area (Å²) in [4.78, 5) is 19.7. The molecule has 0 amide bonds. The van der Waals surface area contributed by atoms with Crippen molar-refractivity contribution in [2.75, 3.05) is 20.6 Å². The number of hydrogen-bond acceptors (Lipinski definition) is 6. The Kier molecular flexibility index (Phi) is 5.81. The van der Waals surface area contributed by atoms with Gasteiger partial charge in [-0.3, -0.25) is 9.78 Å². The smallest absolute Gasteiger partial charge is 0.258 e. The first-order chi connectivity index (χ1) is 13.5. The maximum Gasteiger partial charge on any atom is 0.258 e. The molecule has 3 rings (SSSR count). The molecule has 0 bridgehead atoms. The number of nitriles is 1. The number of likely N-dealkylation sites (N-methyl/N-ethyl adjacent to an activating group) is 1. The first kappa shape index (κ1) is 19.6. The molecule has 146 valence electrons. The maximum absolute atomic E-state index is 13.5. The molecule has 7 nitrogen and oxygen atoms in total. The molecule has 2 N–H and O–H groups in total. The van der Waals surface area contributed by atoms with Crippen LogP contribution in [0.3, 0.4) is 0 Å². The van der Waals surface area contributed by atoms with Gasteiger partial charge in [-0.2, -0.15) is 5.26 Å². The van der Waals surface area contributed by atoms with Crippen molar-refractivity contribution in [2.45, 2.75) is 32.2 Å². The summed E-state index contributed by atoms with van der Waals surface area (Å²) in [6.07, 6.45) is 4.98. The summed E-state index contributed by atoms with van der Waals surface area (Å²) in [6, 6.07) is 7.65. The van der Waals surface area contributed by atoms with Crippen LogP contribution >= 0.6 is 0 Å². The Bertz CT molecular complexity index is 986. The van der Waals surface area contributed by atoms with E-state index in [0.717, 1.165) is 30.6 Å². The van der Waals surface area contributed by atoms with E-state index in [1.165, 1.54) is 0 Å². The first-order valence-corrected chi connectivity index (χ1v) is 9.36. The molecular weight excluding hydrogens is 354 g/mol. The van der Waals surface area contributed by atoms with Crippen LogP contribution in [0.2, 0.25) is 0 Å². The Balaban J connectivity index is 2.24. The minimum absolute atomic E-state index is 0.0387. The SMILES string of the molecule is CCCc1cc2c(c(=O)n1CCN(C)C)C(c1cccnc1)C(C#N)=C(N)O2. The third-order valence-electron chi connectivity index (χ3n) is 4.86. The summed E-state index contributed by atoms with van der Waals surface area (Å²) in [5.74, 6) is -0.118. The minimum Gasteiger partial charge on any atom is -0.440 e. The quantitative estimate of drug-likeness (QED) is 0.824. The molecule has 0 aromatic carbocycles. The second-order valence-corrected chi connectivity index (χ2v) is 7.13. The van der Waals surface area contributed by atoms with Crippen LogP contribution in [0.1, 0.15) is 36.1 Å². The van der Waals surface area contributed by atoms with Gasteiger partial charge in [0, 0.05) is 37.2 Å². The number of allylic oxidation sites excluding steroid dienone is 1. The maximum atomic E-state index is 13.5. The average molecular weight is 379 g/mol. The molecule has 7 heteroatoms. The summed E-state index contributed by atoms with van der Waals surface area (Å²) < 4.78 is 7.52. The average Bonchev–Trinajstić information content (AvgIpc) is 2.67. The predicted molar refractivity (Wildman–Crippen MR) is 107 cm³/mol. The van der Waals surface area contributed by atoms with Gasteiger partial charge in [-0.15, -0.1) is 0 Å². The molecule has 0 saturated heterocycles. The Hall–Kier alpha value is -3.11. The lowest BCUT2D eigenvalue weighted by Crippen LogP contribution is -2.35. The van der Waals surface area contributed by atoms with Crippen molar-refractivity contribution in [3.63, 3.8) is 0 Å². The highest BCUT2D eigenvalue weighted by Gasteiger charge is 2.34. The Morgan fingerprint density at radius 3 is 2.82 bits per heavy atom. The van der Waals surface area contributed by atoms with Crippen LogP contribution in [0.15, 0.2) is 46.8 Å². The van der Waals surface area contributed by atoms with E-state index in [2.05, 4.69) is 18.0 Å². The van der Waals surface area contributed by atoms with Crippen LogP contribution in [0.5, 0.6) is 5.75 Å². The van der Waals surface area contributed by atoms with Crippen LogP contribution in [0.4, 0.5) is 0 Å². The van der Waals surface area contributed by atoms with Crippen molar-refractivity contribution in [2.24, 2.45) is 5.73 Å². The van der Waals surface area contributed by atoms with Gasteiger partial charge in [0.05, 0.1) is 11.5 Å². The number of nitrogens with zero attached hydrogens (tertiary/aromatic N) is 4. The highest BCUT2D eigenvalue weighted by Crippen LogP contribution is 2.40. The molecule has 0 spiro atoms. The zero-order valence-electron chi connectivity index (χ0n) is 16.5. The van der Waals surface area contributed by atoms with Gasteiger partial charge >= 0.3 is 0 Å². The lowest BCUT2D eigenvalue weighted by atomic mass is 9.84. The second kappa shape index (κ2) is 8.28. The fourth-order valence-corrected chi connectivity index (χ4v) is 3.51. The molecule has 0 saturated carbocycles. The van der Waals surface area contributed by atoms with Crippen LogP contribution in [0.25, 0.3) is 0 Å². The van der Waals surface area contributed by atoms with E-state index in [0.29, 0.717) is 17.9 Å². The summed E-state index contributed by atoms with van der Waals surface area (Å²) in [5, 5.41) is 9.69. The first-order valence-electron chi connectivity index (χ1n) is 9.36. The van der Waals surface area contributed by atoms with Crippen molar-refractivity contribution >= 4 is 0 Å². The summed E-state index contributed by atoms with van der Waals surface area (Å²) >= 11 is 0. The van der Waals surface area contributed by atoms with Gasteiger partial charge in [-0.1, -0.05) is 19.4 Å². The van der Waals surface area contributed by atoms with Crippen molar-refractivity contribution in [3.05, 3.63) is 69.2 Å². The highest BCUT2D eigenvalue weighted by atomic mass is 16.5. The molecule has 1 atom stereocenters. The number of fused-ring (bicyclic) bond motifs is 1. The van der Waals surface area contributed by atoms with Gasteiger partial charge in [0.1, 0.15) is 17.4 Å². The molecule has 28 heavy (non-hydrogen) atoms. The number of rotatable bonds is 6. The number of pyridine rings is 2. The lowest BCUT2D eigenvalue weighted by molar-refractivity contribution is 0.367. The Morgan fingerprint density at radius 2 is 2.21 bits per heavy atom. The predicted octanol–water partition coefficient (Wildman–Crippen LogP) is 1.98. The minimum atomic E-state index is -0.587. The molecule has 0 fully saturated rings. The fraction of sp³-hybridized carbons (Fsp3) is 0.381. The molecule has 2 aromatic heterocycles. The number of aryl methyl sites for hydroxylation is 1. The lowest BCUT2D eigenvalue weighted by Gasteiger charge is -2.28. The number of hydrogen-bond donors (Lipinski definition) is 1. The van der Waals surface area contributed by atoms with Gasteiger partial charge in [-0.25, -0.2) is 0 Å². The Labute approximate surface area is 164 Å². The molecule has 1 aliphatic rings. The fourth-order valence-electron chi connectivity index (χ4n) is 3.51. The summed E-state index contributed by atoms with van der Waals surface area (Å²) in [7, 11) is 3.95. The summed E-state index contributed by atoms with van der Waals surface area (Å²) in [6.45, 7) is 3.37. The van der Waals surface area contributed by atoms with Crippen molar-refractivity contribution < 1.29 is 4.74 Å². The standard InChI is InChI=1S/C21H25N5O2/c1-4-6-15-11-17-19(21(27)26(15)10-9-25(2)3)18(14-7-5-8-24-13-14)16(12-22)20(23)28-17/h5,7-8,11,13,18H,4,6,9-10,23H2,1-3H3. The zero-order chi connectivity index (χ0) is 20.3. The van der Waals surface area contributed by atoms with Gasteiger partial charge in [0.25, 0.3) is 5.56 Å². The van der Waals surface area contributed by atoms with Gasteiger partial charge < -0.3 is 19.9 Å². The molecular formula is C21H25N5O2. The van der Waals surface area contributed by atoms with Crippen molar-refractivity contribution in [1.29, 1.82) is 5.26 Å². The van der Waals surface area contributed by atoms with E-state index in [-0.39, 0.29) is 17.0 Å². The van der Waals surface area contributed by atoms with Gasteiger partial charge in [0.2, 0.25) is 5.88 Å². The molecule has 1 unspecified atom stereocenters. The Morgan fingerprint density at radius 1 is 1.43 bits per heavy atom.